The second-order valence-corrected chi connectivity index (χ2v) is 6.57. The molecular weight excluding hydrogens is 292 g/mol. The third kappa shape index (κ3) is 4.67. The Morgan fingerprint density at radius 1 is 1.33 bits per heavy atom. The molecule has 1 aromatic rings. The lowest BCUT2D eigenvalue weighted by molar-refractivity contribution is 0.138. The molecule has 0 radical (unpaired) electrons. The first-order chi connectivity index (χ1) is 9.97. The van der Waals surface area contributed by atoms with Gasteiger partial charge in [0, 0.05) is 32.3 Å². The van der Waals surface area contributed by atoms with E-state index in [1.807, 2.05) is 6.92 Å². The van der Waals surface area contributed by atoms with Gasteiger partial charge < -0.3 is 14.8 Å². The summed E-state index contributed by atoms with van der Waals surface area (Å²) in [5, 5.41) is 3.00. The van der Waals surface area contributed by atoms with Gasteiger partial charge in [0.25, 0.3) is 0 Å². The third-order valence-corrected chi connectivity index (χ3v) is 4.93. The van der Waals surface area contributed by atoms with Crippen LogP contribution in [0.15, 0.2) is 23.1 Å². The Morgan fingerprint density at radius 2 is 2.05 bits per heavy atom. The molecule has 1 aromatic carbocycles. The molecule has 1 rings (SSSR count). The Hall–Kier alpha value is -1.15. The van der Waals surface area contributed by atoms with E-state index in [0.29, 0.717) is 32.1 Å². The second kappa shape index (κ2) is 8.33. The van der Waals surface area contributed by atoms with Gasteiger partial charge in [-0.15, -0.1) is 0 Å². The van der Waals surface area contributed by atoms with Crippen LogP contribution in [0.3, 0.4) is 0 Å². The zero-order valence-corrected chi connectivity index (χ0v) is 13.9. The third-order valence-electron chi connectivity index (χ3n) is 3.08. The van der Waals surface area contributed by atoms with Crippen LogP contribution >= 0.6 is 0 Å². The summed E-state index contributed by atoms with van der Waals surface area (Å²) >= 11 is 0. The van der Waals surface area contributed by atoms with E-state index in [-0.39, 0.29) is 4.90 Å². The maximum atomic E-state index is 12.5. The molecule has 0 aromatic heterocycles. The van der Waals surface area contributed by atoms with Crippen LogP contribution in [-0.2, 0) is 21.3 Å². The van der Waals surface area contributed by atoms with E-state index >= 15 is 0 Å². The summed E-state index contributed by atoms with van der Waals surface area (Å²) in [6.07, 6.45) is 0. The predicted octanol–water partition coefficient (Wildman–Crippen LogP) is 1.07. The molecule has 0 fully saturated rings. The Morgan fingerprint density at radius 3 is 2.62 bits per heavy atom. The van der Waals surface area contributed by atoms with Crippen molar-refractivity contribution >= 4 is 10.0 Å². The Balaban J connectivity index is 2.99. The number of ether oxygens (including phenoxy) is 2. The van der Waals surface area contributed by atoms with Gasteiger partial charge in [-0.2, -0.15) is 4.31 Å². The molecule has 0 aliphatic rings. The quantitative estimate of drug-likeness (QED) is 0.690. The van der Waals surface area contributed by atoms with E-state index in [2.05, 4.69) is 5.32 Å². The molecule has 0 aliphatic carbocycles. The molecule has 0 unspecified atom stereocenters. The normalized spacial score (nSPS) is 11.9. The number of likely N-dealkylation sites (N-methyl/N-ethyl adjacent to an activating group) is 1. The number of rotatable bonds is 9. The van der Waals surface area contributed by atoms with E-state index in [1.165, 1.54) is 4.31 Å². The Bertz CT molecular complexity index is 546. The van der Waals surface area contributed by atoms with E-state index in [9.17, 15) is 8.42 Å². The minimum atomic E-state index is -3.52. The van der Waals surface area contributed by atoms with Gasteiger partial charge in [-0.05, 0) is 32.2 Å². The van der Waals surface area contributed by atoms with Crippen LogP contribution in [0.2, 0.25) is 0 Å². The molecule has 120 valence electrons. The van der Waals surface area contributed by atoms with Gasteiger partial charge in [-0.3, -0.25) is 0 Å². The van der Waals surface area contributed by atoms with Crippen LogP contribution in [0.1, 0.15) is 12.5 Å². The first-order valence-corrected chi connectivity index (χ1v) is 8.27. The number of nitrogens with one attached hydrogen (secondary N) is 1. The Kier molecular flexibility index (Phi) is 7.10. The smallest absolute Gasteiger partial charge is 0.242 e. The van der Waals surface area contributed by atoms with Crippen molar-refractivity contribution in [2.45, 2.75) is 18.4 Å². The lowest BCUT2D eigenvalue weighted by Gasteiger charge is -2.18. The van der Waals surface area contributed by atoms with Gasteiger partial charge in [0.15, 0.2) is 0 Å². The highest BCUT2D eigenvalue weighted by molar-refractivity contribution is 7.89. The number of hydrogen-bond donors (Lipinski definition) is 1. The molecular formula is C14H24N2O4S. The first-order valence-electron chi connectivity index (χ1n) is 6.83. The van der Waals surface area contributed by atoms with Gasteiger partial charge >= 0.3 is 0 Å². The fourth-order valence-electron chi connectivity index (χ4n) is 1.88. The van der Waals surface area contributed by atoms with Crippen LogP contribution < -0.4 is 10.1 Å². The first kappa shape index (κ1) is 17.9. The molecule has 0 bridgehead atoms. The number of nitrogens with zero attached hydrogens (tertiary/aromatic N) is 1. The van der Waals surface area contributed by atoms with Crippen molar-refractivity contribution < 1.29 is 17.9 Å². The molecule has 0 saturated heterocycles. The fraction of sp³-hybridized carbons (Fsp3) is 0.571. The highest BCUT2D eigenvalue weighted by atomic mass is 32.2. The molecule has 1 N–H and O–H groups in total. The summed E-state index contributed by atoms with van der Waals surface area (Å²) in [5.41, 5.74) is 0.805. The van der Waals surface area contributed by atoms with E-state index < -0.39 is 10.0 Å². The largest absolute Gasteiger partial charge is 0.496 e. The van der Waals surface area contributed by atoms with Crippen LogP contribution in [0.5, 0.6) is 5.75 Å². The van der Waals surface area contributed by atoms with Crippen LogP contribution in [0, 0.1) is 0 Å². The van der Waals surface area contributed by atoms with Crippen molar-refractivity contribution in [1.29, 1.82) is 0 Å². The van der Waals surface area contributed by atoms with Gasteiger partial charge in [0.05, 0.1) is 18.6 Å². The average Bonchev–Trinajstić information content (AvgIpc) is 2.47. The molecule has 0 atom stereocenters. The summed E-state index contributed by atoms with van der Waals surface area (Å²) in [6.45, 7) is 3.69. The molecule has 0 spiro atoms. The average molecular weight is 316 g/mol. The Labute approximate surface area is 127 Å². The SMILES string of the molecule is CCOCCN(C)S(=O)(=O)c1ccc(OC)c(CNC)c1. The number of methoxy groups -OCH3 is 1. The van der Waals surface area contributed by atoms with Crippen molar-refractivity contribution in [2.75, 3.05) is 41.0 Å². The standard InChI is InChI=1S/C14H24N2O4S/c1-5-20-9-8-16(3)21(17,18)13-6-7-14(19-4)12(10-13)11-15-2/h6-7,10,15H,5,8-9,11H2,1-4H3. The second-order valence-electron chi connectivity index (χ2n) is 4.53. The van der Waals surface area contributed by atoms with Crippen molar-refractivity contribution in [2.24, 2.45) is 0 Å². The van der Waals surface area contributed by atoms with Gasteiger partial charge in [0.2, 0.25) is 10.0 Å². The maximum Gasteiger partial charge on any atom is 0.242 e. The molecule has 21 heavy (non-hydrogen) atoms. The summed E-state index contributed by atoms with van der Waals surface area (Å²) < 4.78 is 36.7. The topological polar surface area (TPSA) is 67.9 Å². The molecule has 6 nitrogen and oxygen atoms in total. The zero-order chi connectivity index (χ0) is 15.9. The van der Waals surface area contributed by atoms with Crippen LogP contribution in [0.4, 0.5) is 0 Å². The van der Waals surface area contributed by atoms with E-state index in [1.54, 1.807) is 39.4 Å². The van der Waals surface area contributed by atoms with Crippen LogP contribution in [0.25, 0.3) is 0 Å². The fourth-order valence-corrected chi connectivity index (χ4v) is 3.09. The van der Waals surface area contributed by atoms with E-state index in [4.69, 9.17) is 9.47 Å². The summed E-state index contributed by atoms with van der Waals surface area (Å²) in [5.74, 6) is 0.667. The van der Waals surface area contributed by atoms with Crippen molar-refractivity contribution in [3.8, 4) is 5.75 Å². The minimum Gasteiger partial charge on any atom is -0.496 e. The molecule has 0 heterocycles. The van der Waals surface area contributed by atoms with Gasteiger partial charge in [0.1, 0.15) is 5.75 Å². The van der Waals surface area contributed by atoms with Gasteiger partial charge in [-0.1, -0.05) is 0 Å². The number of hydrogen-bond acceptors (Lipinski definition) is 5. The van der Waals surface area contributed by atoms with Crippen LogP contribution in [-0.4, -0.2) is 53.7 Å². The summed E-state index contributed by atoms with van der Waals surface area (Å²) in [4.78, 5) is 0.257. The lowest BCUT2D eigenvalue weighted by atomic mass is 10.2. The minimum absolute atomic E-state index is 0.257. The summed E-state index contributed by atoms with van der Waals surface area (Å²) in [7, 11) is 1.40. The lowest BCUT2D eigenvalue weighted by Crippen LogP contribution is -2.30. The highest BCUT2D eigenvalue weighted by Gasteiger charge is 2.21. The maximum absolute atomic E-state index is 12.5. The summed E-state index contributed by atoms with van der Waals surface area (Å²) in [6, 6.07) is 4.88. The van der Waals surface area contributed by atoms with E-state index in [0.717, 1.165) is 5.56 Å². The monoisotopic (exact) mass is 316 g/mol. The van der Waals surface area contributed by atoms with Crippen molar-refractivity contribution in [3.63, 3.8) is 0 Å². The highest BCUT2D eigenvalue weighted by Crippen LogP contribution is 2.24. The predicted molar refractivity (Wildman–Crippen MR) is 82.1 cm³/mol. The molecule has 0 amide bonds. The van der Waals surface area contributed by atoms with Crippen molar-refractivity contribution in [3.05, 3.63) is 23.8 Å². The van der Waals surface area contributed by atoms with Crippen molar-refractivity contribution in [1.82, 2.24) is 9.62 Å². The number of sulfonamides is 1. The van der Waals surface area contributed by atoms with Gasteiger partial charge in [-0.25, -0.2) is 8.42 Å². The number of benzene rings is 1. The molecule has 0 aliphatic heterocycles. The zero-order valence-electron chi connectivity index (χ0n) is 13.0. The molecule has 7 heteroatoms. The molecule has 0 saturated carbocycles.